The lowest BCUT2D eigenvalue weighted by molar-refractivity contribution is 1.18. The Morgan fingerprint density at radius 2 is 1.89 bits per heavy atom. The number of nitrogens with zero attached hydrogens (tertiary/aromatic N) is 2. The van der Waals surface area contributed by atoms with Gasteiger partial charge in [-0.2, -0.15) is 0 Å². The average Bonchev–Trinajstić information content (AvgIpc) is 2.70. The Bertz CT molecular complexity index is 774. The number of rotatable bonds is 1. The van der Waals surface area contributed by atoms with Gasteiger partial charge in [-0.3, -0.25) is 4.40 Å². The summed E-state index contributed by atoms with van der Waals surface area (Å²) in [6.45, 7) is 4.20. The number of hydrogen-bond acceptors (Lipinski definition) is 2. The molecule has 19 heavy (non-hydrogen) atoms. The summed E-state index contributed by atoms with van der Waals surface area (Å²) >= 11 is 3.45. The van der Waals surface area contributed by atoms with Crippen molar-refractivity contribution in [2.24, 2.45) is 0 Å². The van der Waals surface area contributed by atoms with Crippen LogP contribution in [0.25, 0.3) is 16.9 Å². The molecule has 2 aromatic heterocycles. The molecule has 96 valence electrons. The lowest BCUT2D eigenvalue weighted by atomic mass is 10.0. The predicted molar refractivity (Wildman–Crippen MR) is 82.2 cm³/mol. The van der Waals surface area contributed by atoms with Crippen LogP contribution < -0.4 is 5.73 Å². The highest BCUT2D eigenvalue weighted by atomic mass is 79.9. The molecule has 0 saturated carbocycles. The van der Waals surface area contributed by atoms with E-state index >= 15 is 0 Å². The number of benzene rings is 1. The van der Waals surface area contributed by atoms with Crippen molar-refractivity contribution < 1.29 is 0 Å². The van der Waals surface area contributed by atoms with Gasteiger partial charge in [-0.1, -0.05) is 12.1 Å². The molecule has 0 fully saturated rings. The topological polar surface area (TPSA) is 43.3 Å². The van der Waals surface area contributed by atoms with E-state index in [1.807, 2.05) is 22.7 Å². The van der Waals surface area contributed by atoms with Crippen LogP contribution in [-0.2, 0) is 0 Å². The van der Waals surface area contributed by atoms with Crippen molar-refractivity contribution in [3.63, 3.8) is 0 Å². The first-order valence-corrected chi connectivity index (χ1v) is 6.86. The second-order valence-corrected chi connectivity index (χ2v) is 5.64. The van der Waals surface area contributed by atoms with Crippen LogP contribution in [0.15, 0.2) is 41.0 Å². The average molecular weight is 316 g/mol. The van der Waals surface area contributed by atoms with Crippen LogP contribution in [0, 0.1) is 13.8 Å². The van der Waals surface area contributed by atoms with Gasteiger partial charge in [-0.25, -0.2) is 4.98 Å². The first-order valence-electron chi connectivity index (χ1n) is 6.07. The number of imidazole rings is 1. The van der Waals surface area contributed by atoms with Crippen molar-refractivity contribution in [2.45, 2.75) is 13.8 Å². The van der Waals surface area contributed by atoms with Crippen LogP contribution in [0.2, 0.25) is 0 Å². The fourth-order valence-corrected chi connectivity index (χ4v) is 2.48. The standard InChI is InChI=1S/C15H14BrN3/c1-9-3-4-11(7-10(9)2)14-15(17)19-8-12(16)5-6-13(19)18-14/h3-8H,17H2,1-2H3. The van der Waals surface area contributed by atoms with E-state index in [1.54, 1.807) is 0 Å². The van der Waals surface area contributed by atoms with Crippen molar-refractivity contribution >= 4 is 27.4 Å². The summed E-state index contributed by atoms with van der Waals surface area (Å²) in [5, 5.41) is 0. The van der Waals surface area contributed by atoms with Crippen LogP contribution in [0.4, 0.5) is 5.82 Å². The molecule has 0 bridgehead atoms. The van der Waals surface area contributed by atoms with Crippen molar-refractivity contribution in [1.29, 1.82) is 0 Å². The minimum Gasteiger partial charge on any atom is -0.383 e. The van der Waals surface area contributed by atoms with E-state index in [0.29, 0.717) is 5.82 Å². The predicted octanol–water partition coefficient (Wildman–Crippen LogP) is 3.96. The summed E-state index contributed by atoms with van der Waals surface area (Å²) in [4.78, 5) is 4.61. The Labute approximate surface area is 120 Å². The van der Waals surface area contributed by atoms with E-state index in [1.165, 1.54) is 11.1 Å². The van der Waals surface area contributed by atoms with Crippen LogP contribution >= 0.6 is 15.9 Å². The Hall–Kier alpha value is -1.81. The van der Waals surface area contributed by atoms with Crippen molar-refractivity contribution in [1.82, 2.24) is 9.38 Å². The zero-order valence-corrected chi connectivity index (χ0v) is 12.4. The minimum absolute atomic E-state index is 0.666. The number of nitrogens with two attached hydrogens (primary N) is 1. The summed E-state index contributed by atoms with van der Waals surface area (Å²) in [7, 11) is 0. The highest BCUT2D eigenvalue weighted by Crippen LogP contribution is 2.28. The quantitative estimate of drug-likeness (QED) is 0.738. The summed E-state index contributed by atoms with van der Waals surface area (Å²) in [6.07, 6.45) is 1.93. The number of aromatic nitrogens is 2. The van der Waals surface area contributed by atoms with Gasteiger partial charge in [0, 0.05) is 16.2 Å². The van der Waals surface area contributed by atoms with Crippen LogP contribution in [-0.4, -0.2) is 9.38 Å². The molecule has 0 aliphatic heterocycles. The Morgan fingerprint density at radius 3 is 2.63 bits per heavy atom. The van der Waals surface area contributed by atoms with Crippen LogP contribution in [0.5, 0.6) is 0 Å². The molecule has 1 aromatic carbocycles. The molecule has 0 amide bonds. The number of hydrogen-bond donors (Lipinski definition) is 1. The molecular formula is C15H14BrN3. The van der Waals surface area contributed by atoms with E-state index in [0.717, 1.165) is 21.4 Å². The third-order valence-corrected chi connectivity index (χ3v) is 3.87. The molecule has 2 heterocycles. The number of halogens is 1. The van der Waals surface area contributed by atoms with Gasteiger partial charge in [0.15, 0.2) is 0 Å². The second-order valence-electron chi connectivity index (χ2n) is 4.72. The third kappa shape index (κ3) is 2.02. The van der Waals surface area contributed by atoms with E-state index in [2.05, 4.69) is 53.0 Å². The maximum Gasteiger partial charge on any atom is 0.139 e. The van der Waals surface area contributed by atoms with E-state index < -0.39 is 0 Å². The third-order valence-electron chi connectivity index (χ3n) is 3.40. The maximum atomic E-state index is 6.21. The van der Waals surface area contributed by atoms with Gasteiger partial charge in [0.05, 0.1) is 0 Å². The molecule has 0 atom stereocenters. The highest BCUT2D eigenvalue weighted by Gasteiger charge is 2.11. The summed E-state index contributed by atoms with van der Waals surface area (Å²) < 4.78 is 2.88. The number of aryl methyl sites for hydroxylation is 2. The van der Waals surface area contributed by atoms with Gasteiger partial charge >= 0.3 is 0 Å². The monoisotopic (exact) mass is 315 g/mol. The number of fused-ring (bicyclic) bond motifs is 1. The molecule has 4 heteroatoms. The number of nitrogen functional groups attached to an aromatic ring is 1. The molecule has 3 rings (SSSR count). The van der Waals surface area contributed by atoms with E-state index in [9.17, 15) is 0 Å². The Morgan fingerprint density at radius 1 is 1.11 bits per heavy atom. The molecule has 3 nitrogen and oxygen atoms in total. The lowest BCUT2D eigenvalue weighted by Gasteiger charge is -2.03. The SMILES string of the molecule is Cc1ccc(-c2nc3ccc(Br)cn3c2N)cc1C. The minimum atomic E-state index is 0.666. The van der Waals surface area contributed by atoms with Crippen molar-refractivity contribution in [3.8, 4) is 11.3 Å². The zero-order valence-electron chi connectivity index (χ0n) is 10.8. The van der Waals surface area contributed by atoms with Gasteiger partial charge in [0.25, 0.3) is 0 Å². The summed E-state index contributed by atoms with van der Waals surface area (Å²) in [5.41, 5.74) is 11.5. The zero-order chi connectivity index (χ0) is 13.6. The van der Waals surface area contributed by atoms with Crippen LogP contribution in [0.3, 0.4) is 0 Å². The van der Waals surface area contributed by atoms with E-state index in [-0.39, 0.29) is 0 Å². The fourth-order valence-electron chi connectivity index (χ4n) is 2.14. The smallest absolute Gasteiger partial charge is 0.139 e. The van der Waals surface area contributed by atoms with E-state index in [4.69, 9.17) is 5.73 Å². The molecule has 3 aromatic rings. The Kier molecular flexibility index (Phi) is 2.82. The van der Waals surface area contributed by atoms with Gasteiger partial charge in [-0.15, -0.1) is 0 Å². The molecule has 0 unspecified atom stereocenters. The first-order chi connectivity index (χ1) is 9.06. The maximum absolute atomic E-state index is 6.21. The first kappa shape index (κ1) is 12.2. The lowest BCUT2D eigenvalue weighted by Crippen LogP contribution is -1.94. The molecule has 0 aliphatic rings. The van der Waals surface area contributed by atoms with Gasteiger partial charge in [0.1, 0.15) is 17.2 Å². The molecule has 0 radical (unpaired) electrons. The summed E-state index contributed by atoms with van der Waals surface area (Å²) in [6, 6.07) is 10.2. The van der Waals surface area contributed by atoms with Crippen molar-refractivity contribution in [2.75, 3.05) is 5.73 Å². The van der Waals surface area contributed by atoms with Gasteiger partial charge in [-0.05, 0) is 59.1 Å². The largest absolute Gasteiger partial charge is 0.383 e. The molecule has 0 saturated heterocycles. The molecule has 0 spiro atoms. The summed E-state index contributed by atoms with van der Waals surface area (Å²) in [5.74, 6) is 0.666. The second kappa shape index (κ2) is 4.38. The highest BCUT2D eigenvalue weighted by molar-refractivity contribution is 9.10. The van der Waals surface area contributed by atoms with Crippen LogP contribution in [0.1, 0.15) is 11.1 Å². The Balaban J connectivity index is 2.24. The van der Waals surface area contributed by atoms with Gasteiger partial charge in [0.2, 0.25) is 0 Å². The van der Waals surface area contributed by atoms with Crippen molar-refractivity contribution in [3.05, 3.63) is 52.1 Å². The fraction of sp³-hybridized carbons (Fsp3) is 0.133. The number of pyridine rings is 1. The van der Waals surface area contributed by atoms with Gasteiger partial charge < -0.3 is 5.73 Å². The number of anilines is 1. The molecular weight excluding hydrogens is 302 g/mol. The molecule has 0 aliphatic carbocycles. The molecule has 2 N–H and O–H groups in total. The normalized spacial score (nSPS) is 11.1.